The van der Waals surface area contributed by atoms with Crippen LogP contribution in [0.4, 0.5) is 5.69 Å². The summed E-state index contributed by atoms with van der Waals surface area (Å²) >= 11 is 0. The lowest BCUT2D eigenvalue weighted by atomic mass is 10.1. The molecule has 0 fully saturated rings. The number of benzene rings is 2. The van der Waals surface area contributed by atoms with Crippen LogP contribution in [0.2, 0.25) is 0 Å². The van der Waals surface area contributed by atoms with Crippen molar-refractivity contribution in [3.8, 4) is 0 Å². The molecule has 2 aromatic rings. The Morgan fingerprint density at radius 1 is 0.960 bits per heavy atom. The van der Waals surface area contributed by atoms with Crippen molar-refractivity contribution in [2.45, 2.75) is 4.90 Å². The molecule has 8 heteroatoms. The number of carbonyl (C=O) groups is 2. The van der Waals surface area contributed by atoms with Gasteiger partial charge in [0.2, 0.25) is 10.0 Å². The molecule has 2 aromatic carbocycles. The fourth-order valence-corrected chi connectivity index (χ4v) is 3.08. The zero-order valence-electron chi connectivity index (χ0n) is 14.1. The molecule has 0 aliphatic heterocycles. The topological polar surface area (TPSA) is 95.6 Å². The highest BCUT2D eigenvalue weighted by Gasteiger charge is 2.19. The Bertz CT molecular complexity index is 908. The summed E-state index contributed by atoms with van der Waals surface area (Å²) in [5.41, 5.74) is 0.831. The van der Waals surface area contributed by atoms with E-state index in [0.29, 0.717) is 11.3 Å². The molecule has 25 heavy (non-hydrogen) atoms. The van der Waals surface area contributed by atoms with Gasteiger partial charge in [-0.2, -0.15) is 0 Å². The average Bonchev–Trinajstić information content (AvgIpc) is 2.61. The van der Waals surface area contributed by atoms with Gasteiger partial charge in [0.25, 0.3) is 11.8 Å². The van der Waals surface area contributed by atoms with E-state index in [1.807, 2.05) is 0 Å². The summed E-state index contributed by atoms with van der Waals surface area (Å²) in [6.07, 6.45) is 0. The predicted molar refractivity (Wildman–Crippen MR) is 95.1 cm³/mol. The summed E-state index contributed by atoms with van der Waals surface area (Å²) in [5.74, 6) is -0.841. The molecule has 0 radical (unpaired) electrons. The van der Waals surface area contributed by atoms with Crippen LogP contribution >= 0.6 is 0 Å². The Hall–Kier alpha value is -2.71. The monoisotopic (exact) mass is 361 g/mol. The summed E-state index contributed by atoms with van der Waals surface area (Å²) in [5, 5.41) is 5.14. The van der Waals surface area contributed by atoms with E-state index in [-0.39, 0.29) is 16.4 Å². The molecule has 0 aliphatic rings. The van der Waals surface area contributed by atoms with Gasteiger partial charge in [-0.05, 0) is 30.3 Å². The van der Waals surface area contributed by atoms with Gasteiger partial charge in [-0.15, -0.1) is 0 Å². The summed E-state index contributed by atoms with van der Waals surface area (Å²) < 4.78 is 25.5. The number of nitrogens with one attached hydrogen (secondary N) is 2. The maximum Gasteiger partial charge on any atom is 0.255 e. The number of carbonyl (C=O) groups excluding carboxylic acids is 2. The molecule has 0 saturated heterocycles. The van der Waals surface area contributed by atoms with Crippen molar-refractivity contribution in [1.29, 1.82) is 0 Å². The van der Waals surface area contributed by atoms with E-state index in [9.17, 15) is 18.0 Å². The molecule has 2 rings (SSSR count). The normalized spacial score (nSPS) is 11.2. The Labute approximate surface area is 146 Å². The molecule has 2 amide bonds. The third-order valence-corrected chi connectivity index (χ3v) is 5.33. The van der Waals surface area contributed by atoms with Gasteiger partial charge in [-0.1, -0.05) is 18.2 Å². The van der Waals surface area contributed by atoms with Crippen LogP contribution < -0.4 is 10.6 Å². The molecular weight excluding hydrogens is 342 g/mol. The number of amides is 2. The smallest absolute Gasteiger partial charge is 0.255 e. The Balaban J connectivity index is 2.34. The van der Waals surface area contributed by atoms with Crippen LogP contribution in [-0.4, -0.2) is 45.7 Å². The molecular formula is C17H19N3O4S. The fourth-order valence-electron chi connectivity index (χ4n) is 2.13. The minimum atomic E-state index is -3.64. The van der Waals surface area contributed by atoms with E-state index in [1.165, 1.54) is 45.4 Å². The Kier molecular flexibility index (Phi) is 5.55. The minimum absolute atomic E-state index is 0.0183. The third kappa shape index (κ3) is 4.04. The number of hydrogen-bond acceptors (Lipinski definition) is 4. The first-order chi connectivity index (χ1) is 11.8. The van der Waals surface area contributed by atoms with Gasteiger partial charge < -0.3 is 10.6 Å². The predicted octanol–water partition coefficient (Wildman–Crippen LogP) is 1.55. The van der Waals surface area contributed by atoms with Gasteiger partial charge >= 0.3 is 0 Å². The summed E-state index contributed by atoms with van der Waals surface area (Å²) in [4.78, 5) is 24.4. The van der Waals surface area contributed by atoms with Crippen molar-refractivity contribution >= 4 is 27.5 Å². The van der Waals surface area contributed by atoms with E-state index in [2.05, 4.69) is 10.6 Å². The summed E-state index contributed by atoms with van der Waals surface area (Å²) in [7, 11) is 0.691. The van der Waals surface area contributed by atoms with Crippen molar-refractivity contribution in [2.24, 2.45) is 0 Å². The van der Waals surface area contributed by atoms with Crippen molar-refractivity contribution in [1.82, 2.24) is 9.62 Å². The molecule has 0 aromatic heterocycles. The zero-order chi connectivity index (χ0) is 18.6. The van der Waals surface area contributed by atoms with Gasteiger partial charge in [-0.25, -0.2) is 12.7 Å². The van der Waals surface area contributed by atoms with Crippen molar-refractivity contribution in [2.75, 3.05) is 26.5 Å². The number of sulfonamides is 1. The van der Waals surface area contributed by atoms with Crippen LogP contribution in [0.5, 0.6) is 0 Å². The van der Waals surface area contributed by atoms with E-state index < -0.39 is 15.9 Å². The first-order valence-corrected chi connectivity index (χ1v) is 8.86. The molecule has 0 spiro atoms. The second-order valence-corrected chi connectivity index (χ2v) is 7.55. The lowest BCUT2D eigenvalue weighted by molar-refractivity contribution is 0.0964. The Morgan fingerprint density at radius 2 is 1.64 bits per heavy atom. The summed E-state index contributed by atoms with van der Waals surface area (Å²) in [6.45, 7) is 0. The van der Waals surface area contributed by atoms with Gasteiger partial charge in [0.1, 0.15) is 0 Å². The molecule has 0 heterocycles. The largest absolute Gasteiger partial charge is 0.355 e. The fraction of sp³-hybridized carbons (Fsp3) is 0.176. The highest BCUT2D eigenvalue weighted by atomic mass is 32.2. The average molecular weight is 361 g/mol. The van der Waals surface area contributed by atoms with Crippen LogP contribution in [0.1, 0.15) is 20.7 Å². The van der Waals surface area contributed by atoms with Crippen LogP contribution in [0.3, 0.4) is 0 Å². The Morgan fingerprint density at radius 3 is 2.28 bits per heavy atom. The number of rotatable bonds is 5. The summed E-state index contributed by atoms with van der Waals surface area (Å²) in [6, 6.07) is 12.3. The standard InChI is InChI=1S/C17H19N3O4S/c1-18-17(22)14-9-4-5-10-15(14)19-16(21)12-7-6-8-13(11-12)25(23,24)20(2)3/h4-11H,1-3H3,(H,18,22)(H,19,21). The molecule has 0 saturated carbocycles. The van der Waals surface area contributed by atoms with Crippen LogP contribution in [0, 0.1) is 0 Å². The molecule has 0 aliphatic carbocycles. The van der Waals surface area contributed by atoms with Crippen LogP contribution in [0.25, 0.3) is 0 Å². The first kappa shape index (κ1) is 18.6. The molecule has 0 bridgehead atoms. The SMILES string of the molecule is CNC(=O)c1ccccc1NC(=O)c1cccc(S(=O)(=O)N(C)C)c1. The second-order valence-electron chi connectivity index (χ2n) is 5.39. The van der Waals surface area contributed by atoms with Gasteiger partial charge in [0.05, 0.1) is 16.1 Å². The lowest BCUT2D eigenvalue weighted by Gasteiger charge is -2.13. The highest BCUT2D eigenvalue weighted by Crippen LogP contribution is 2.18. The van der Waals surface area contributed by atoms with E-state index in [0.717, 1.165) is 4.31 Å². The number of nitrogens with zero attached hydrogens (tertiary/aromatic N) is 1. The quantitative estimate of drug-likeness (QED) is 0.845. The second kappa shape index (κ2) is 7.45. The van der Waals surface area contributed by atoms with Gasteiger partial charge in [0, 0.05) is 26.7 Å². The van der Waals surface area contributed by atoms with Crippen molar-refractivity contribution in [3.63, 3.8) is 0 Å². The van der Waals surface area contributed by atoms with Crippen LogP contribution in [0.15, 0.2) is 53.4 Å². The minimum Gasteiger partial charge on any atom is -0.355 e. The highest BCUT2D eigenvalue weighted by molar-refractivity contribution is 7.89. The van der Waals surface area contributed by atoms with Crippen LogP contribution in [-0.2, 0) is 10.0 Å². The van der Waals surface area contributed by atoms with Gasteiger partial charge in [0.15, 0.2) is 0 Å². The first-order valence-electron chi connectivity index (χ1n) is 7.42. The molecule has 7 nitrogen and oxygen atoms in total. The van der Waals surface area contributed by atoms with Crippen molar-refractivity contribution in [3.05, 3.63) is 59.7 Å². The number of para-hydroxylation sites is 1. The lowest BCUT2D eigenvalue weighted by Crippen LogP contribution is -2.23. The van der Waals surface area contributed by atoms with Gasteiger partial charge in [-0.3, -0.25) is 9.59 Å². The third-order valence-electron chi connectivity index (χ3n) is 3.52. The number of anilines is 1. The number of hydrogen-bond donors (Lipinski definition) is 2. The van der Waals surface area contributed by atoms with Crippen molar-refractivity contribution < 1.29 is 18.0 Å². The molecule has 0 unspecified atom stereocenters. The molecule has 132 valence electrons. The zero-order valence-corrected chi connectivity index (χ0v) is 14.9. The van der Waals surface area contributed by atoms with E-state index in [1.54, 1.807) is 24.3 Å². The molecule has 0 atom stereocenters. The van der Waals surface area contributed by atoms with E-state index >= 15 is 0 Å². The van der Waals surface area contributed by atoms with E-state index in [4.69, 9.17) is 0 Å². The maximum absolute atomic E-state index is 12.5. The molecule has 2 N–H and O–H groups in total. The maximum atomic E-state index is 12.5.